The fourth-order valence-corrected chi connectivity index (χ4v) is 3.31. The number of rotatable bonds is 5. The molecule has 2 rings (SSSR count). The van der Waals surface area contributed by atoms with Crippen LogP contribution in [0.25, 0.3) is 0 Å². The van der Waals surface area contributed by atoms with Gasteiger partial charge in [0.25, 0.3) is 0 Å². The summed E-state index contributed by atoms with van der Waals surface area (Å²) in [6, 6.07) is 0.380. The highest BCUT2D eigenvalue weighted by Crippen LogP contribution is 2.17. The summed E-state index contributed by atoms with van der Waals surface area (Å²) < 4.78 is 1.91. The number of amides is 1. The van der Waals surface area contributed by atoms with Crippen molar-refractivity contribution in [1.29, 1.82) is 0 Å². The fourth-order valence-electron chi connectivity index (χ4n) is 3.31. The van der Waals surface area contributed by atoms with Crippen molar-refractivity contribution in [3.8, 4) is 0 Å². The number of aryl methyl sites for hydroxylation is 2. The Bertz CT molecular complexity index is 501. The molecule has 0 radical (unpaired) electrons. The molecule has 0 spiro atoms. The highest BCUT2D eigenvalue weighted by molar-refractivity contribution is 5.78. The summed E-state index contributed by atoms with van der Waals surface area (Å²) >= 11 is 0. The molecule has 1 heterocycles. The quantitative estimate of drug-likeness (QED) is 0.849. The number of carbonyl (C=O) groups is 1. The first-order valence-corrected chi connectivity index (χ1v) is 8.44. The Labute approximate surface area is 134 Å². The van der Waals surface area contributed by atoms with Crippen molar-refractivity contribution in [3.05, 3.63) is 17.0 Å². The maximum absolute atomic E-state index is 12.2. The van der Waals surface area contributed by atoms with Crippen molar-refractivity contribution in [2.75, 3.05) is 13.6 Å². The van der Waals surface area contributed by atoms with Crippen LogP contribution in [0.2, 0.25) is 0 Å². The van der Waals surface area contributed by atoms with E-state index >= 15 is 0 Å². The third kappa shape index (κ3) is 4.57. The van der Waals surface area contributed by atoms with Crippen LogP contribution < -0.4 is 5.32 Å². The second-order valence-corrected chi connectivity index (χ2v) is 6.70. The predicted molar refractivity (Wildman–Crippen MR) is 88.6 cm³/mol. The Kier molecular flexibility index (Phi) is 6.00. The summed E-state index contributed by atoms with van der Waals surface area (Å²) in [6.07, 6.45) is 7.38. The first-order valence-electron chi connectivity index (χ1n) is 8.44. The molecule has 1 aliphatic rings. The van der Waals surface area contributed by atoms with Gasteiger partial charge < -0.3 is 5.32 Å². The molecular formula is C17H30N4O. The van der Waals surface area contributed by atoms with Gasteiger partial charge in [0.2, 0.25) is 5.91 Å². The molecule has 0 aromatic carbocycles. The summed E-state index contributed by atoms with van der Waals surface area (Å²) in [7, 11) is 3.96. The van der Waals surface area contributed by atoms with E-state index in [0.29, 0.717) is 12.6 Å². The predicted octanol–water partition coefficient (Wildman–Crippen LogP) is 2.31. The van der Waals surface area contributed by atoms with Gasteiger partial charge in [0.15, 0.2) is 0 Å². The summed E-state index contributed by atoms with van der Waals surface area (Å²) in [4.78, 5) is 14.3. The van der Waals surface area contributed by atoms with Crippen LogP contribution in [-0.4, -0.2) is 40.2 Å². The molecule has 0 bridgehead atoms. The van der Waals surface area contributed by atoms with E-state index in [1.165, 1.54) is 36.9 Å². The lowest BCUT2D eigenvalue weighted by Crippen LogP contribution is -2.40. The third-order valence-electron chi connectivity index (χ3n) is 4.72. The molecule has 124 valence electrons. The Hall–Kier alpha value is -1.36. The SMILES string of the molecule is Cc1nn(C)c(C)c1CN(C)CC(=O)NC1CCCCCC1. The van der Waals surface area contributed by atoms with E-state index in [1.54, 1.807) is 0 Å². The van der Waals surface area contributed by atoms with Gasteiger partial charge in [0.1, 0.15) is 0 Å². The van der Waals surface area contributed by atoms with Gasteiger partial charge >= 0.3 is 0 Å². The number of hydrogen-bond acceptors (Lipinski definition) is 3. The molecule has 1 saturated carbocycles. The van der Waals surface area contributed by atoms with Gasteiger partial charge in [-0.1, -0.05) is 25.7 Å². The molecule has 1 amide bonds. The number of carbonyl (C=O) groups excluding carboxylic acids is 1. The van der Waals surface area contributed by atoms with E-state index in [9.17, 15) is 4.79 Å². The van der Waals surface area contributed by atoms with Gasteiger partial charge in [-0.2, -0.15) is 5.10 Å². The zero-order valence-corrected chi connectivity index (χ0v) is 14.5. The normalized spacial score (nSPS) is 16.8. The number of likely N-dealkylation sites (N-methyl/N-ethyl adjacent to an activating group) is 1. The Morgan fingerprint density at radius 3 is 2.45 bits per heavy atom. The average molecular weight is 306 g/mol. The molecular weight excluding hydrogens is 276 g/mol. The van der Waals surface area contributed by atoms with E-state index in [4.69, 9.17) is 0 Å². The standard InChI is InChI=1S/C17H30N4O/c1-13-16(14(2)21(4)19-13)11-20(3)12-17(22)18-15-9-7-5-6-8-10-15/h15H,5-12H2,1-4H3,(H,18,22). The lowest BCUT2D eigenvalue weighted by molar-refractivity contribution is -0.122. The van der Waals surface area contributed by atoms with Crippen molar-refractivity contribution >= 4 is 5.91 Å². The fraction of sp³-hybridized carbons (Fsp3) is 0.765. The molecule has 0 unspecified atom stereocenters. The van der Waals surface area contributed by atoms with E-state index < -0.39 is 0 Å². The lowest BCUT2D eigenvalue weighted by atomic mass is 10.1. The zero-order chi connectivity index (χ0) is 16.1. The summed E-state index contributed by atoms with van der Waals surface area (Å²) in [5.41, 5.74) is 3.46. The third-order valence-corrected chi connectivity index (χ3v) is 4.72. The maximum Gasteiger partial charge on any atom is 0.234 e. The lowest BCUT2D eigenvalue weighted by Gasteiger charge is -2.20. The van der Waals surface area contributed by atoms with Crippen LogP contribution in [0.4, 0.5) is 0 Å². The molecule has 5 heteroatoms. The zero-order valence-electron chi connectivity index (χ0n) is 14.5. The minimum absolute atomic E-state index is 0.147. The second-order valence-electron chi connectivity index (χ2n) is 6.70. The Morgan fingerprint density at radius 1 is 1.27 bits per heavy atom. The van der Waals surface area contributed by atoms with Gasteiger partial charge in [-0.3, -0.25) is 14.4 Å². The molecule has 1 aromatic rings. The van der Waals surface area contributed by atoms with Gasteiger partial charge in [0.05, 0.1) is 12.2 Å². The van der Waals surface area contributed by atoms with E-state index in [2.05, 4.69) is 22.2 Å². The van der Waals surface area contributed by atoms with Crippen molar-refractivity contribution < 1.29 is 4.79 Å². The summed E-state index contributed by atoms with van der Waals surface area (Å²) in [6.45, 7) is 5.32. The highest BCUT2D eigenvalue weighted by atomic mass is 16.2. The number of nitrogens with zero attached hydrogens (tertiary/aromatic N) is 3. The molecule has 5 nitrogen and oxygen atoms in total. The molecule has 1 fully saturated rings. The van der Waals surface area contributed by atoms with Crippen molar-refractivity contribution in [3.63, 3.8) is 0 Å². The number of hydrogen-bond donors (Lipinski definition) is 1. The van der Waals surface area contributed by atoms with Crippen LogP contribution in [0, 0.1) is 13.8 Å². The Morgan fingerprint density at radius 2 is 1.91 bits per heavy atom. The van der Waals surface area contributed by atoms with Crippen LogP contribution in [0.15, 0.2) is 0 Å². The van der Waals surface area contributed by atoms with Gasteiger partial charge in [-0.15, -0.1) is 0 Å². The van der Waals surface area contributed by atoms with Crippen molar-refractivity contribution in [1.82, 2.24) is 20.0 Å². The molecule has 1 aliphatic carbocycles. The molecule has 0 saturated heterocycles. The monoisotopic (exact) mass is 306 g/mol. The maximum atomic E-state index is 12.2. The minimum Gasteiger partial charge on any atom is -0.352 e. The van der Waals surface area contributed by atoms with Crippen LogP contribution >= 0.6 is 0 Å². The van der Waals surface area contributed by atoms with E-state index in [-0.39, 0.29) is 5.91 Å². The van der Waals surface area contributed by atoms with Gasteiger partial charge in [-0.05, 0) is 33.7 Å². The highest BCUT2D eigenvalue weighted by Gasteiger charge is 2.17. The Balaban J connectivity index is 1.83. The number of nitrogens with one attached hydrogen (secondary N) is 1. The topological polar surface area (TPSA) is 50.2 Å². The summed E-state index contributed by atoms with van der Waals surface area (Å²) in [5.74, 6) is 0.147. The van der Waals surface area contributed by atoms with Crippen molar-refractivity contribution in [2.45, 2.75) is 65.0 Å². The molecule has 1 N–H and O–H groups in total. The largest absolute Gasteiger partial charge is 0.352 e. The molecule has 0 atom stereocenters. The van der Waals surface area contributed by atoms with Gasteiger partial charge in [-0.25, -0.2) is 0 Å². The van der Waals surface area contributed by atoms with E-state index in [0.717, 1.165) is 25.1 Å². The van der Waals surface area contributed by atoms with Crippen molar-refractivity contribution in [2.24, 2.45) is 7.05 Å². The first kappa shape index (κ1) is 17.0. The first-order chi connectivity index (χ1) is 10.5. The molecule has 1 aromatic heterocycles. The minimum atomic E-state index is 0.147. The van der Waals surface area contributed by atoms with Crippen LogP contribution in [0.5, 0.6) is 0 Å². The van der Waals surface area contributed by atoms with Crippen LogP contribution in [0.1, 0.15) is 55.5 Å². The van der Waals surface area contributed by atoms with Gasteiger partial charge in [0, 0.05) is 30.9 Å². The number of aromatic nitrogens is 2. The average Bonchev–Trinajstić information content (AvgIpc) is 2.65. The molecule has 22 heavy (non-hydrogen) atoms. The van der Waals surface area contributed by atoms with Crippen LogP contribution in [0.3, 0.4) is 0 Å². The smallest absolute Gasteiger partial charge is 0.234 e. The van der Waals surface area contributed by atoms with Crippen LogP contribution in [-0.2, 0) is 18.4 Å². The second kappa shape index (κ2) is 7.77. The molecule has 0 aliphatic heterocycles. The summed E-state index contributed by atoms with van der Waals surface area (Å²) in [5, 5.41) is 7.64. The van der Waals surface area contributed by atoms with E-state index in [1.807, 2.05) is 25.7 Å².